The molecule has 0 radical (unpaired) electrons. The second-order valence-electron chi connectivity index (χ2n) is 6.38. The van der Waals surface area contributed by atoms with Crippen LogP contribution in [0.5, 0.6) is 11.5 Å². The Hall–Kier alpha value is -1.71. The van der Waals surface area contributed by atoms with Crippen LogP contribution in [-0.2, 0) is 4.79 Å². The molecule has 1 aromatic carbocycles. The topological polar surface area (TPSA) is 47.6 Å². The molecule has 1 N–H and O–H groups in total. The molecule has 3 unspecified atom stereocenters. The van der Waals surface area contributed by atoms with Crippen LogP contribution in [0.4, 0.5) is 0 Å². The SMILES string of the molecule is CCCCC1CCCC1NC(=O)C(C)Oc1ccc(OC)cc1. The minimum Gasteiger partial charge on any atom is -0.497 e. The Balaban J connectivity index is 1.84. The van der Waals surface area contributed by atoms with Gasteiger partial charge in [-0.3, -0.25) is 4.79 Å². The van der Waals surface area contributed by atoms with Gasteiger partial charge in [0.25, 0.3) is 5.91 Å². The predicted molar refractivity (Wildman–Crippen MR) is 91.9 cm³/mol. The molecule has 4 heteroatoms. The molecule has 1 saturated carbocycles. The van der Waals surface area contributed by atoms with E-state index in [9.17, 15) is 4.79 Å². The van der Waals surface area contributed by atoms with Gasteiger partial charge in [-0.1, -0.05) is 26.2 Å². The molecule has 0 heterocycles. The van der Waals surface area contributed by atoms with Gasteiger partial charge in [-0.2, -0.15) is 0 Å². The fourth-order valence-corrected chi connectivity index (χ4v) is 3.25. The summed E-state index contributed by atoms with van der Waals surface area (Å²) in [5.41, 5.74) is 0. The lowest BCUT2D eigenvalue weighted by Crippen LogP contribution is -2.44. The quantitative estimate of drug-likeness (QED) is 0.789. The lowest BCUT2D eigenvalue weighted by atomic mass is 9.96. The highest BCUT2D eigenvalue weighted by Crippen LogP contribution is 2.30. The fourth-order valence-electron chi connectivity index (χ4n) is 3.25. The van der Waals surface area contributed by atoms with Gasteiger partial charge in [0.15, 0.2) is 6.10 Å². The minimum atomic E-state index is -0.490. The molecule has 4 nitrogen and oxygen atoms in total. The van der Waals surface area contributed by atoms with E-state index in [1.54, 1.807) is 14.0 Å². The number of carbonyl (C=O) groups excluding carboxylic acids is 1. The van der Waals surface area contributed by atoms with Crippen molar-refractivity contribution in [3.63, 3.8) is 0 Å². The second-order valence-corrected chi connectivity index (χ2v) is 6.38. The summed E-state index contributed by atoms with van der Waals surface area (Å²) in [5, 5.41) is 3.19. The van der Waals surface area contributed by atoms with E-state index in [0.29, 0.717) is 17.7 Å². The van der Waals surface area contributed by atoms with Crippen molar-refractivity contribution in [2.45, 2.75) is 64.5 Å². The Bertz CT molecular complexity index is 486. The van der Waals surface area contributed by atoms with Crippen LogP contribution in [0.1, 0.15) is 52.4 Å². The molecule has 0 aromatic heterocycles. The average molecular weight is 319 g/mol. The molecule has 3 atom stereocenters. The van der Waals surface area contributed by atoms with E-state index in [2.05, 4.69) is 12.2 Å². The summed E-state index contributed by atoms with van der Waals surface area (Å²) in [6.45, 7) is 4.02. The average Bonchev–Trinajstić information content (AvgIpc) is 3.00. The predicted octanol–water partition coefficient (Wildman–Crippen LogP) is 3.94. The van der Waals surface area contributed by atoms with E-state index < -0.39 is 6.10 Å². The maximum atomic E-state index is 12.4. The highest BCUT2D eigenvalue weighted by Gasteiger charge is 2.29. The van der Waals surface area contributed by atoms with Gasteiger partial charge in [-0.05, 0) is 56.4 Å². The Morgan fingerprint density at radius 3 is 2.61 bits per heavy atom. The zero-order valence-corrected chi connectivity index (χ0v) is 14.5. The van der Waals surface area contributed by atoms with Gasteiger partial charge in [0.1, 0.15) is 11.5 Å². The normalized spacial score (nSPS) is 21.7. The summed E-state index contributed by atoms with van der Waals surface area (Å²) in [6, 6.07) is 7.62. The molecule has 0 saturated heterocycles. The maximum absolute atomic E-state index is 12.4. The zero-order valence-electron chi connectivity index (χ0n) is 14.5. The van der Waals surface area contributed by atoms with E-state index in [1.807, 2.05) is 24.3 Å². The summed E-state index contributed by atoms with van der Waals surface area (Å²) < 4.78 is 10.9. The number of rotatable bonds is 8. The maximum Gasteiger partial charge on any atom is 0.261 e. The molecular weight excluding hydrogens is 290 g/mol. The smallest absolute Gasteiger partial charge is 0.261 e. The van der Waals surface area contributed by atoms with Crippen molar-refractivity contribution in [2.24, 2.45) is 5.92 Å². The summed E-state index contributed by atoms with van der Waals surface area (Å²) >= 11 is 0. The second kappa shape index (κ2) is 8.80. The van der Waals surface area contributed by atoms with Crippen LogP contribution in [0.25, 0.3) is 0 Å². The Kier molecular flexibility index (Phi) is 6.75. The molecule has 23 heavy (non-hydrogen) atoms. The van der Waals surface area contributed by atoms with Crippen molar-refractivity contribution in [1.82, 2.24) is 5.32 Å². The minimum absolute atomic E-state index is 0.0192. The first-order valence-corrected chi connectivity index (χ1v) is 8.75. The van der Waals surface area contributed by atoms with Gasteiger partial charge in [0.05, 0.1) is 7.11 Å². The van der Waals surface area contributed by atoms with Crippen molar-refractivity contribution in [3.8, 4) is 11.5 Å². The third-order valence-corrected chi connectivity index (χ3v) is 4.66. The van der Waals surface area contributed by atoms with Crippen molar-refractivity contribution < 1.29 is 14.3 Å². The van der Waals surface area contributed by atoms with E-state index in [4.69, 9.17) is 9.47 Å². The van der Waals surface area contributed by atoms with Crippen LogP contribution in [0.2, 0.25) is 0 Å². The number of carbonyl (C=O) groups is 1. The lowest BCUT2D eigenvalue weighted by molar-refractivity contribution is -0.128. The van der Waals surface area contributed by atoms with Crippen molar-refractivity contribution in [1.29, 1.82) is 0 Å². The van der Waals surface area contributed by atoms with Gasteiger partial charge < -0.3 is 14.8 Å². The number of hydrogen-bond acceptors (Lipinski definition) is 3. The van der Waals surface area contributed by atoms with Crippen LogP contribution in [0.15, 0.2) is 24.3 Å². The van der Waals surface area contributed by atoms with Gasteiger partial charge in [-0.25, -0.2) is 0 Å². The molecule has 0 spiro atoms. The summed E-state index contributed by atoms with van der Waals surface area (Å²) in [6.07, 6.45) is 6.73. The van der Waals surface area contributed by atoms with E-state index in [0.717, 1.165) is 12.2 Å². The van der Waals surface area contributed by atoms with Crippen molar-refractivity contribution in [2.75, 3.05) is 7.11 Å². The molecule has 0 aliphatic heterocycles. The highest BCUT2D eigenvalue weighted by molar-refractivity contribution is 5.81. The molecular formula is C19H29NO3. The molecule has 2 rings (SSSR count). The lowest BCUT2D eigenvalue weighted by Gasteiger charge is -2.23. The van der Waals surface area contributed by atoms with Gasteiger partial charge in [0, 0.05) is 6.04 Å². The van der Waals surface area contributed by atoms with Crippen LogP contribution >= 0.6 is 0 Å². The van der Waals surface area contributed by atoms with Gasteiger partial charge >= 0.3 is 0 Å². The number of methoxy groups -OCH3 is 1. The van der Waals surface area contributed by atoms with Crippen molar-refractivity contribution in [3.05, 3.63) is 24.3 Å². The van der Waals surface area contributed by atoms with Crippen LogP contribution < -0.4 is 14.8 Å². The number of ether oxygens (including phenoxy) is 2. The number of hydrogen-bond donors (Lipinski definition) is 1. The zero-order chi connectivity index (χ0) is 16.7. The molecule has 1 amide bonds. The highest BCUT2D eigenvalue weighted by atomic mass is 16.5. The molecule has 128 valence electrons. The summed E-state index contributed by atoms with van der Waals surface area (Å²) in [4.78, 5) is 12.4. The van der Waals surface area contributed by atoms with Crippen LogP contribution in [0, 0.1) is 5.92 Å². The molecule has 1 aliphatic rings. The van der Waals surface area contributed by atoms with Gasteiger partial charge in [-0.15, -0.1) is 0 Å². The Labute approximate surface area is 139 Å². The molecule has 1 aliphatic carbocycles. The van der Waals surface area contributed by atoms with Gasteiger partial charge in [0.2, 0.25) is 0 Å². The monoisotopic (exact) mass is 319 g/mol. The fraction of sp³-hybridized carbons (Fsp3) is 0.632. The standard InChI is InChI=1S/C19H29NO3/c1-4-5-7-15-8-6-9-18(15)20-19(21)14(2)23-17-12-10-16(22-3)11-13-17/h10-15,18H,4-9H2,1-3H3,(H,20,21). The van der Waals surface area contributed by atoms with E-state index in [-0.39, 0.29) is 5.91 Å². The third-order valence-electron chi connectivity index (χ3n) is 4.66. The Morgan fingerprint density at radius 2 is 1.96 bits per heavy atom. The third kappa shape index (κ3) is 5.15. The largest absolute Gasteiger partial charge is 0.497 e. The van der Waals surface area contributed by atoms with E-state index in [1.165, 1.54) is 32.1 Å². The first-order valence-electron chi connectivity index (χ1n) is 8.75. The number of unbranched alkanes of at least 4 members (excludes halogenated alkanes) is 1. The molecule has 1 aromatic rings. The summed E-state index contributed by atoms with van der Waals surface area (Å²) in [7, 11) is 1.63. The molecule has 1 fully saturated rings. The van der Waals surface area contributed by atoms with Crippen molar-refractivity contribution >= 4 is 5.91 Å². The Morgan fingerprint density at radius 1 is 1.26 bits per heavy atom. The van der Waals surface area contributed by atoms with Crippen LogP contribution in [-0.4, -0.2) is 25.2 Å². The first-order chi connectivity index (χ1) is 11.1. The van der Waals surface area contributed by atoms with E-state index >= 15 is 0 Å². The first kappa shape index (κ1) is 17.6. The summed E-state index contributed by atoms with van der Waals surface area (Å²) in [5.74, 6) is 2.07. The molecule has 0 bridgehead atoms. The number of benzene rings is 1. The number of nitrogens with one attached hydrogen (secondary N) is 1. The number of amides is 1. The van der Waals surface area contributed by atoms with Crippen LogP contribution in [0.3, 0.4) is 0 Å².